The van der Waals surface area contributed by atoms with Crippen LogP contribution in [0.25, 0.3) is 0 Å². The first kappa shape index (κ1) is 20.0. The van der Waals surface area contributed by atoms with Crippen LogP contribution in [0.5, 0.6) is 5.75 Å². The number of nitrogens with zero attached hydrogens (tertiary/aromatic N) is 2. The normalized spacial score (nSPS) is 20.5. The maximum atomic E-state index is 14.6. The Hall–Kier alpha value is -3.30. The number of carbonyl (C=O) groups is 2. The number of benzene rings is 1. The second-order valence-electron chi connectivity index (χ2n) is 7.37. The van der Waals surface area contributed by atoms with Gasteiger partial charge < -0.3 is 19.9 Å². The Morgan fingerprint density at radius 1 is 1.27 bits per heavy atom. The number of amides is 2. The first-order valence-corrected chi connectivity index (χ1v) is 9.41. The standard InChI is InChI=1S/C20H18F3N3O4/c21-11-4-3-10(14(23)6-11)7-24-19(29)12-8-26-15-9-25(5-1-2-13(15)22)20(30)16(26)18(28)17(12)27/h3-4,6,8,13,15,28H,1-2,5,7,9H2,(H,24,29)/t13?,15-/m1/s1. The van der Waals surface area contributed by atoms with Crippen molar-refractivity contribution < 1.29 is 27.9 Å². The molecule has 1 saturated heterocycles. The lowest BCUT2D eigenvalue weighted by Crippen LogP contribution is -2.46. The molecule has 0 saturated carbocycles. The third kappa shape index (κ3) is 3.31. The summed E-state index contributed by atoms with van der Waals surface area (Å²) in [5, 5.41) is 12.7. The van der Waals surface area contributed by atoms with E-state index in [-0.39, 0.29) is 30.8 Å². The Bertz CT molecular complexity index is 1100. The summed E-state index contributed by atoms with van der Waals surface area (Å²) in [6, 6.07) is 1.99. The number of halogens is 3. The second-order valence-corrected chi connectivity index (χ2v) is 7.37. The molecule has 7 nitrogen and oxygen atoms in total. The van der Waals surface area contributed by atoms with E-state index in [0.717, 1.165) is 22.9 Å². The molecule has 1 fully saturated rings. The summed E-state index contributed by atoms with van der Waals surface area (Å²) in [7, 11) is 0. The van der Waals surface area contributed by atoms with Crippen LogP contribution in [0, 0.1) is 11.6 Å². The average Bonchev–Trinajstić information content (AvgIpc) is 2.87. The number of fused-ring (bicyclic) bond motifs is 4. The van der Waals surface area contributed by atoms with Crippen LogP contribution in [0.1, 0.15) is 45.3 Å². The molecule has 10 heteroatoms. The monoisotopic (exact) mass is 421 g/mol. The van der Waals surface area contributed by atoms with Crippen LogP contribution in [-0.4, -0.2) is 45.6 Å². The van der Waals surface area contributed by atoms with Gasteiger partial charge in [0.25, 0.3) is 11.8 Å². The van der Waals surface area contributed by atoms with Crippen molar-refractivity contribution in [3.63, 3.8) is 0 Å². The number of nitrogens with one attached hydrogen (secondary N) is 1. The van der Waals surface area contributed by atoms with Crippen LogP contribution in [0.4, 0.5) is 13.2 Å². The molecule has 1 unspecified atom stereocenters. The molecule has 2 aromatic rings. The van der Waals surface area contributed by atoms with Crippen LogP contribution in [0.2, 0.25) is 0 Å². The molecular formula is C20H18F3N3O4. The van der Waals surface area contributed by atoms with E-state index in [2.05, 4.69) is 5.32 Å². The molecule has 0 radical (unpaired) electrons. The minimum atomic E-state index is -1.33. The maximum Gasteiger partial charge on any atom is 0.274 e. The number of hydrogen-bond donors (Lipinski definition) is 2. The molecule has 1 aromatic carbocycles. The average molecular weight is 421 g/mol. The van der Waals surface area contributed by atoms with E-state index in [4.69, 9.17) is 0 Å². The number of hydrogen-bond acceptors (Lipinski definition) is 4. The van der Waals surface area contributed by atoms with E-state index < -0.39 is 52.4 Å². The van der Waals surface area contributed by atoms with Gasteiger partial charge in [-0.15, -0.1) is 0 Å². The predicted molar refractivity (Wildman–Crippen MR) is 99.0 cm³/mol. The number of pyridine rings is 1. The molecule has 158 valence electrons. The fraction of sp³-hybridized carbons (Fsp3) is 0.350. The van der Waals surface area contributed by atoms with Crippen LogP contribution in [-0.2, 0) is 6.54 Å². The zero-order chi connectivity index (χ0) is 21.6. The van der Waals surface area contributed by atoms with Crippen molar-refractivity contribution in [2.24, 2.45) is 0 Å². The number of aromatic nitrogens is 1. The molecule has 3 heterocycles. The quantitative estimate of drug-likeness (QED) is 0.792. The number of rotatable bonds is 3. The summed E-state index contributed by atoms with van der Waals surface area (Å²) < 4.78 is 42.6. The lowest BCUT2D eigenvalue weighted by molar-refractivity contribution is 0.0645. The molecule has 1 aromatic heterocycles. The van der Waals surface area contributed by atoms with Crippen LogP contribution < -0.4 is 10.7 Å². The van der Waals surface area contributed by atoms with E-state index in [9.17, 15) is 32.7 Å². The fourth-order valence-electron chi connectivity index (χ4n) is 3.89. The van der Waals surface area contributed by atoms with Crippen molar-refractivity contribution in [2.45, 2.75) is 31.6 Å². The van der Waals surface area contributed by atoms with Crippen molar-refractivity contribution in [1.82, 2.24) is 14.8 Å². The summed E-state index contributed by atoms with van der Waals surface area (Å²) in [6.07, 6.45) is 0.380. The lowest BCUT2D eigenvalue weighted by atomic mass is 10.0. The third-order valence-electron chi connectivity index (χ3n) is 5.49. The smallest absolute Gasteiger partial charge is 0.274 e. The highest BCUT2D eigenvalue weighted by Crippen LogP contribution is 2.33. The lowest BCUT2D eigenvalue weighted by Gasteiger charge is -2.35. The van der Waals surface area contributed by atoms with Crippen molar-refractivity contribution >= 4 is 11.8 Å². The Labute approximate surface area is 168 Å². The molecular weight excluding hydrogens is 403 g/mol. The second kappa shape index (κ2) is 7.51. The Morgan fingerprint density at radius 3 is 2.77 bits per heavy atom. The van der Waals surface area contributed by atoms with Gasteiger partial charge in [-0.3, -0.25) is 14.4 Å². The number of carbonyl (C=O) groups excluding carboxylic acids is 2. The van der Waals surface area contributed by atoms with Crippen molar-refractivity contribution in [1.29, 1.82) is 0 Å². The molecule has 2 aliphatic rings. The zero-order valence-electron chi connectivity index (χ0n) is 15.7. The Morgan fingerprint density at radius 2 is 2.03 bits per heavy atom. The van der Waals surface area contributed by atoms with Gasteiger partial charge in [-0.25, -0.2) is 13.2 Å². The summed E-state index contributed by atoms with van der Waals surface area (Å²) in [6.45, 7) is 0.0424. The predicted octanol–water partition coefficient (Wildman–Crippen LogP) is 1.89. The molecule has 2 bridgehead atoms. The van der Waals surface area contributed by atoms with Gasteiger partial charge in [-0.1, -0.05) is 6.07 Å². The summed E-state index contributed by atoms with van der Waals surface area (Å²) in [5.41, 5.74) is -1.94. The largest absolute Gasteiger partial charge is 0.503 e. The van der Waals surface area contributed by atoms with E-state index >= 15 is 0 Å². The van der Waals surface area contributed by atoms with Crippen molar-refractivity contribution in [3.05, 3.63) is 63.1 Å². The maximum absolute atomic E-state index is 14.6. The van der Waals surface area contributed by atoms with Crippen LogP contribution >= 0.6 is 0 Å². The number of alkyl halides is 1. The highest BCUT2D eigenvalue weighted by atomic mass is 19.1. The van der Waals surface area contributed by atoms with Crippen LogP contribution in [0.15, 0.2) is 29.2 Å². The molecule has 2 aliphatic heterocycles. The van der Waals surface area contributed by atoms with Gasteiger partial charge in [0.15, 0.2) is 11.4 Å². The van der Waals surface area contributed by atoms with Gasteiger partial charge >= 0.3 is 0 Å². The van der Waals surface area contributed by atoms with Gasteiger partial charge in [0, 0.05) is 37.5 Å². The third-order valence-corrected chi connectivity index (χ3v) is 5.49. The highest BCUT2D eigenvalue weighted by Gasteiger charge is 2.40. The molecule has 2 amide bonds. The first-order valence-electron chi connectivity index (χ1n) is 9.41. The molecule has 4 rings (SSSR count). The Kier molecular flexibility index (Phi) is 5.00. The van der Waals surface area contributed by atoms with E-state index in [1.165, 1.54) is 4.90 Å². The zero-order valence-corrected chi connectivity index (χ0v) is 15.7. The van der Waals surface area contributed by atoms with E-state index in [0.29, 0.717) is 19.0 Å². The van der Waals surface area contributed by atoms with Crippen molar-refractivity contribution in [2.75, 3.05) is 13.1 Å². The van der Waals surface area contributed by atoms with Gasteiger partial charge in [-0.05, 0) is 18.9 Å². The SMILES string of the molecule is O=C(NCc1ccc(F)cc1F)c1cn2c(c(O)c1=O)C(=O)N1CCCC(F)[C@H]2C1. The van der Waals surface area contributed by atoms with Gasteiger partial charge in [0.1, 0.15) is 23.4 Å². The van der Waals surface area contributed by atoms with Crippen LogP contribution in [0.3, 0.4) is 0 Å². The molecule has 0 aliphatic carbocycles. The van der Waals surface area contributed by atoms with E-state index in [1.807, 2.05) is 0 Å². The molecule has 2 N–H and O–H groups in total. The van der Waals surface area contributed by atoms with Crippen molar-refractivity contribution in [3.8, 4) is 5.75 Å². The fourth-order valence-corrected chi connectivity index (χ4v) is 3.89. The topological polar surface area (TPSA) is 91.6 Å². The minimum absolute atomic E-state index is 0.00885. The molecule has 0 spiro atoms. The minimum Gasteiger partial charge on any atom is -0.503 e. The van der Waals surface area contributed by atoms with Gasteiger partial charge in [0.2, 0.25) is 5.43 Å². The summed E-state index contributed by atoms with van der Waals surface area (Å²) in [5.74, 6) is -4.11. The highest BCUT2D eigenvalue weighted by molar-refractivity contribution is 5.99. The molecule has 30 heavy (non-hydrogen) atoms. The van der Waals surface area contributed by atoms with Gasteiger partial charge in [-0.2, -0.15) is 0 Å². The molecule has 2 atom stereocenters. The van der Waals surface area contributed by atoms with Gasteiger partial charge in [0.05, 0.1) is 6.04 Å². The summed E-state index contributed by atoms with van der Waals surface area (Å²) >= 11 is 0. The Balaban J connectivity index is 1.68. The first-order chi connectivity index (χ1) is 14.3. The van der Waals surface area contributed by atoms with E-state index in [1.54, 1.807) is 0 Å². The number of aromatic hydroxyl groups is 1. The summed E-state index contributed by atoms with van der Waals surface area (Å²) in [4.78, 5) is 39.1.